The van der Waals surface area contributed by atoms with E-state index in [0.717, 1.165) is 11.3 Å². The van der Waals surface area contributed by atoms with Crippen LogP contribution >= 0.6 is 0 Å². The van der Waals surface area contributed by atoms with Gasteiger partial charge in [0.05, 0.1) is 7.11 Å². The molecule has 0 amide bonds. The van der Waals surface area contributed by atoms with Crippen molar-refractivity contribution in [1.29, 1.82) is 5.26 Å². The quantitative estimate of drug-likeness (QED) is 0.315. The summed E-state index contributed by atoms with van der Waals surface area (Å²) in [5.41, 5.74) is 2.09. The number of hydrogen-bond acceptors (Lipinski definition) is 6. The monoisotopic (exact) mass is 413 g/mol. The molecule has 154 valence electrons. The van der Waals surface area contributed by atoms with E-state index in [9.17, 15) is 10.1 Å². The van der Waals surface area contributed by atoms with Crippen LogP contribution < -0.4 is 18.9 Å². The molecule has 1 aliphatic heterocycles. The second-order valence-electron chi connectivity index (χ2n) is 6.75. The number of ketones is 1. The third-order valence-corrected chi connectivity index (χ3v) is 4.73. The summed E-state index contributed by atoms with van der Waals surface area (Å²) < 4.78 is 22.0. The maximum Gasteiger partial charge on any atom is 0.231 e. The lowest BCUT2D eigenvalue weighted by atomic mass is 10.0. The summed E-state index contributed by atoms with van der Waals surface area (Å²) in [5.74, 6) is 2.13. The Labute approximate surface area is 179 Å². The largest absolute Gasteiger partial charge is 0.493 e. The molecule has 0 unspecified atom stereocenters. The van der Waals surface area contributed by atoms with E-state index in [1.54, 1.807) is 48.5 Å². The lowest BCUT2D eigenvalue weighted by Crippen LogP contribution is -2.01. The number of carbonyl (C=O) groups is 1. The summed E-state index contributed by atoms with van der Waals surface area (Å²) >= 11 is 0. The Morgan fingerprint density at radius 3 is 2.61 bits per heavy atom. The van der Waals surface area contributed by atoms with E-state index in [1.807, 2.05) is 30.3 Å². The predicted octanol–water partition coefficient (Wildman–Crippen LogP) is 4.79. The molecular weight excluding hydrogens is 394 g/mol. The van der Waals surface area contributed by atoms with Gasteiger partial charge in [0.1, 0.15) is 18.2 Å². The number of rotatable bonds is 7. The molecule has 0 bridgehead atoms. The topological polar surface area (TPSA) is 77.8 Å². The molecule has 1 aliphatic rings. The van der Waals surface area contributed by atoms with E-state index >= 15 is 0 Å². The van der Waals surface area contributed by atoms with Gasteiger partial charge in [0.2, 0.25) is 12.6 Å². The molecule has 0 spiro atoms. The average Bonchev–Trinajstić information content (AvgIpc) is 3.29. The van der Waals surface area contributed by atoms with Crippen molar-refractivity contribution in [1.82, 2.24) is 0 Å². The van der Waals surface area contributed by atoms with Crippen molar-refractivity contribution in [3.8, 4) is 29.1 Å². The lowest BCUT2D eigenvalue weighted by molar-refractivity contribution is 0.104. The first-order valence-electron chi connectivity index (χ1n) is 9.59. The molecule has 31 heavy (non-hydrogen) atoms. The fourth-order valence-corrected chi connectivity index (χ4v) is 3.15. The summed E-state index contributed by atoms with van der Waals surface area (Å²) in [6, 6.07) is 21.6. The molecule has 4 rings (SSSR count). The van der Waals surface area contributed by atoms with Gasteiger partial charge >= 0.3 is 0 Å². The molecule has 3 aromatic rings. The summed E-state index contributed by atoms with van der Waals surface area (Å²) in [7, 11) is 1.54. The molecule has 1 heterocycles. The van der Waals surface area contributed by atoms with E-state index in [4.69, 9.17) is 18.9 Å². The van der Waals surface area contributed by atoms with Gasteiger partial charge in [0, 0.05) is 5.56 Å². The van der Waals surface area contributed by atoms with Crippen molar-refractivity contribution in [2.75, 3.05) is 13.9 Å². The smallest absolute Gasteiger partial charge is 0.231 e. The minimum Gasteiger partial charge on any atom is -0.493 e. The fourth-order valence-electron chi connectivity index (χ4n) is 3.15. The highest BCUT2D eigenvalue weighted by Crippen LogP contribution is 2.34. The Hall–Kier alpha value is -4.24. The van der Waals surface area contributed by atoms with Crippen LogP contribution in [-0.4, -0.2) is 19.7 Å². The molecule has 6 heteroatoms. The number of methoxy groups -OCH3 is 1. The minimum absolute atomic E-state index is 0.0438. The Morgan fingerprint density at radius 1 is 1.03 bits per heavy atom. The first-order chi connectivity index (χ1) is 15.2. The van der Waals surface area contributed by atoms with Crippen molar-refractivity contribution in [2.24, 2.45) is 0 Å². The van der Waals surface area contributed by atoms with Crippen LogP contribution in [0.5, 0.6) is 23.0 Å². The van der Waals surface area contributed by atoms with Gasteiger partial charge in [-0.1, -0.05) is 42.5 Å². The van der Waals surface area contributed by atoms with Gasteiger partial charge in [-0.2, -0.15) is 5.26 Å². The molecule has 0 N–H and O–H groups in total. The summed E-state index contributed by atoms with van der Waals surface area (Å²) in [6.45, 7) is 0.540. The molecule has 0 aromatic heterocycles. The Bertz CT molecular complexity index is 1180. The molecule has 0 saturated heterocycles. The van der Waals surface area contributed by atoms with E-state index in [1.165, 1.54) is 7.11 Å². The number of Topliss-reactive ketones (excluding diaryl/α,β-unsaturated/α-hetero) is 1. The fraction of sp³-hybridized carbons (Fsp3) is 0.120. The van der Waals surface area contributed by atoms with Gasteiger partial charge < -0.3 is 18.9 Å². The number of nitriles is 1. The highest BCUT2D eigenvalue weighted by molar-refractivity contribution is 6.14. The first-order valence-corrected chi connectivity index (χ1v) is 9.59. The van der Waals surface area contributed by atoms with E-state index in [-0.39, 0.29) is 18.1 Å². The van der Waals surface area contributed by atoms with Gasteiger partial charge in [0.25, 0.3) is 0 Å². The van der Waals surface area contributed by atoms with Gasteiger partial charge in [-0.15, -0.1) is 0 Å². The molecule has 0 fully saturated rings. The minimum atomic E-state index is -0.329. The standard InChI is InChI=1S/C25H19NO5/c1-28-23-12-17(11-20(14-26)25(27)19-5-3-2-4-6-19)7-9-21(23)29-15-18-8-10-22-24(13-18)31-16-30-22/h2-13H,15-16H2,1H3. The second-order valence-corrected chi connectivity index (χ2v) is 6.75. The van der Waals surface area contributed by atoms with E-state index in [2.05, 4.69) is 0 Å². The number of ether oxygens (including phenoxy) is 4. The zero-order valence-electron chi connectivity index (χ0n) is 16.8. The number of fused-ring (bicyclic) bond motifs is 1. The van der Waals surface area contributed by atoms with Crippen LogP contribution in [0.1, 0.15) is 21.5 Å². The highest BCUT2D eigenvalue weighted by atomic mass is 16.7. The van der Waals surface area contributed by atoms with Crippen LogP contribution in [0.3, 0.4) is 0 Å². The van der Waals surface area contributed by atoms with Crippen molar-refractivity contribution >= 4 is 11.9 Å². The van der Waals surface area contributed by atoms with Crippen LogP contribution in [0, 0.1) is 11.3 Å². The number of nitrogens with zero attached hydrogens (tertiary/aromatic N) is 1. The zero-order valence-corrected chi connectivity index (χ0v) is 16.8. The summed E-state index contributed by atoms with van der Waals surface area (Å²) in [6.07, 6.45) is 1.54. The summed E-state index contributed by atoms with van der Waals surface area (Å²) in [5, 5.41) is 9.46. The maximum absolute atomic E-state index is 12.6. The van der Waals surface area contributed by atoms with Crippen LogP contribution in [0.15, 0.2) is 72.3 Å². The van der Waals surface area contributed by atoms with Gasteiger partial charge in [0.15, 0.2) is 23.0 Å². The van der Waals surface area contributed by atoms with Crippen molar-refractivity contribution in [3.63, 3.8) is 0 Å². The Morgan fingerprint density at radius 2 is 1.84 bits per heavy atom. The lowest BCUT2D eigenvalue weighted by Gasteiger charge is -2.12. The van der Waals surface area contributed by atoms with Crippen LogP contribution in [0.4, 0.5) is 0 Å². The van der Waals surface area contributed by atoms with Crippen molar-refractivity contribution < 1.29 is 23.7 Å². The van der Waals surface area contributed by atoms with Crippen LogP contribution in [0.2, 0.25) is 0 Å². The van der Waals surface area contributed by atoms with Crippen molar-refractivity contribution in [3.05, 3.63) is 89.0 Å². The van der Waals surface area contributed by atoms with Gasteiger partial charge in [-0.25, -0.2) is 0 Å². The average molecular weight is 413 g/mol. The third kappa shape index (κ3) is 4.51. The highest BCUT2D eigenvalue weighted by Gasteiger charge is 2.15. The van der Waals surface area contributed by atoms with E-state index < -0.39 is 0 Å². The molecule has 0 atom stereocenters. The Kier molecular flexibility index (Phi) is 5.86. The van der Waals surface area contributed by atoms with Gasteiger partial charge in [-0.3, -0.25) is 4.79 Å². The SMILES string of the molecule is COc1cc(C=C(C#N)C(=O)c2ccccc2)ccc1OCc1ccc2c(c1)OCO2. The molecule has 0 aliphatic carbocycles. The molecule has 3 aromatic carbocycles. The molecular formula is C25H19NO5. The number of benzene rings is 3. The molecule has 0 saturated carbocycles. The Balaban J connectivity index is 1.51. The predicted molar refractivity (Wildman–Crippen MR) is 114 cm³/mol. The zero-order chi connectivity index (χ0) is 21.6. The maximum atomic E-state index is 12.6. The normalized spacial score (nSPS) is 12.2. The summed E-state index contributed by atoms with van der Waals surface area (Å²) in [4.78, 5) is 12.6. The molecule has 0 radical (unpaired) electrons. The third-order valence-electron chi connectivity index (χ3n) is 4.73. The number of allylic oxidation sites excluding steroid dienone is 1. The number of carbonyl (C=O) groups excluding carboxylic acids is 1. The van der Waals surface area contributed by atoms with Gasteiger partial charge in [-0.05, 0) is 41.5 Å². The van der Waals surface area contributed by atoms with E-state index in [0.29, 0.717) is 35.0 Å². The van der Waals surface area contributed by atoms with Crippen LogP contribution in [0.25, 0.3) is 6.08 Å². The van der Waals surface area contributed by atoms with Crippen LogP contribution in [-0.2, 0) is 6.61 Å². The first kappa shape index (κ1) is 20.0. The second kappa shape index (κ2) is 9.06. The number of hydrogen-bond donors (Lipinski definition) is 0. The van der Waals surface area contributed by atoms with Crippen molar-refractivity contribution in [2.45, 2.75) is 6.61 Å². The molecule has 6 nitrogen and oxygen atoms in total.